The second kappa shape index (κ2) is 7.70. The van der Waals surface area contributed by atoms with Crippen LogP contribution < -0.4 is 10.1 Å². The van der Waals surface area contributed by atoms with E-state index in [2.05, 4.69) is 24.3 Å². The summed E-state index contributed by atoms with van der Waals surface area (Å²) in [6.07, 6.45) is 4.35. The number of carbonyl (C=O) groups is 1. The SMILES string of the molecule is CC(C)n1cc([C@H]2OCC[C@@H]2C(=O)Nc2ccc(OC3COC3)cc2)cn1. The van der Waals surface area contributed by atoms with E-state index >= 15 is 0 Å². The number of nitrogens with one attached hydrogen (secondary N) is 1. The summed E-state index contributed by atoms with van der Waals surface area (Å²) in [5, 5.41) is 7.36. The molecule has 0 unspecified atom stereocenters. The van der Waals surface area contributed by atoms with E-state index in [1.807, 2.05) is 35.1 Å². The molecule has 2 saturated heterocycles. The van der Waals surface area contributed by atoms with Crippen molar-refractivity contribution in [3.05, 3.63) is 42.2 Å². The first-order chi connectivity index (χ1) is 13.1. The number of rotatable bonds is 6. The summed E-state index contributed by atoms with van der Waals surface area (Å²) in [6, 6.07) is 7.72. The molecule has 2 fully saturated rings. The van der Waals surface area contributed by atoms with Crippen molar-refractivity contribution in [2.75, 3.05) is 25.1 Å². The second-order valence-electron chi connectivity index (χ2n) is 7.32. The number of hydrogen-bond donors (Lipinski definition) is 1. The van der Waals surface area contributed by atoms with Crippen molar-refractivity contribution in [1.82, 2.24) is 9.78 Å². The van der Waals surface area contributed by atoms with Gasteiger partial charge in [0.05, 0.1) is 31.4 Å². The van der Waals surface area contributed by atoms with E-state index in [4.69, 9.17) is 14.2 Å². The van der Waals surface area contributed by atoms with Crippen LogP contribution in [-0.4, -0.2) is 41.6 Å². The fraction of sp³-hybridized carbons (Fsp3) is 0.500. The molecule has 3 heterocycles. The lowest BCUT2D eigenvalue weighted by atomic mass is 9.96. The Morgan fingerprint density at radius 3 is 2.70 bits per heavy atom. The Kier molecular flexibility index (Phi) is 5.13. The number of hydrogen-bond acceptors (Lipinski definition) is 5. The third kappa shape index (κ3) is 3.99. The molecule has 1 N–H and O–H groups in total. The molecular formula is C20H25N3O4. The van der Waals surface area contributed by atoms with Crippen molar-refractivity contribution in [3.8, 4) is 5.75 Å². The van der Waals surface area contributed by atoms with Crippen LogP contribution in [0.15, 0.2) is 36.7 Å². The van der Waals surface area contributed by atoms with Gasteiger partial charge in [-0.15, -0.1) is 0 Å². The zero-order valence-corrected chi connectivity index (χ0v) is 15.6. The van der Waals surface area contributed by atoms with Gasteiger partial charge in [0.25, 0.3) is 0 Å². The first-order valence-corrected chi connectivity index (χ1v) is 9.41. The number of amides is 1. The third-order valence-corrected chi connectivity index (χ3v) is 4.94. The van der Waals surface area contributed by atoms with Crippen LogP contribution in [0.3, 0.4) is 0 Å². The standard InChI is InChI=1S/C20H25N3O4/c1-13(2)23-10-14(9-21-23)19-18(7-8-26-19)20(24)22-15-3-5-16(6-4-15)27-17-11-25-12-17/h3-6,9-10,13,17-19H,7-8,11-12H2,1-2H3,(H,22,24)/t18-,19+/m0/s1. The summed E-state index contributed by atoms with van der Waals surface area (Å²) < 4.78 is 18.6. The average Bonchev–Trinajstić information content (AvgIpc) is 3.28. The smallest absolute Gasteiger partial charge is 0.230 e. The van der Waals surface area contributed by atoms with Crippen molar-refractivity contribution in [1.29, 1.82) is 0 Å². The second-order valence-corrected chi connectivity index (χ2v) is 7.32. The summed E-state index contributed by atoms with van der Waals surface area (Å²) in [5.74, 6) is 0.526. The van der Waals surface area contributed by atoms with Gasteiger partial charge in [-0.25, -0.2) is 0 Å². The topological polar surface area (TPSA) is 74.6 Å². The summed E-state index contributed by atoms with van der Waals surface area (Å²) >= 11 is 0. The van der Waals surface area contributed by atoms with Gasteiger partial charge >= 0.3 is 0 Å². The zero-order valence-electron chi connectivity index (χ0n) is 15.6. The van der Waals surface area contributed by atoms with Crippen molar-refractivity contribution < 1.29 is 19.0 Å². The number of anilines is 1. The summed E-state index contributed by atoms with van der Waals surface area (Å²) in [4.78, 5) is 12.8. The molecule has 0 saturated carbocycles. The molecule has 2 aliphatic rings. The molecule has 0 radical (unpaired) electrons. The van der Waals surface area contributed by atoms with Crippen molar-refractivity contribution in [2.45, 2.75) is 38.5 Å². The molecule has 1 aromatic heterocycles. The predicted octanol–water partition coefficient (Wildman–Crippen LogP) is 2.96. The number of carbonyl (C=O) groups excluding carboxylic acids is 1. The summed E-state index contributed by atoms with van der Waals surface area (Å²) in [6.45, 7) is 5.99. The Hall–Kier alpha value is -2.38. The van der Waals surface area contributed by atoms with E-state index in [-0.39, 0.29) is 30.1 Å². The number of aromatic nitrogens is 2. The maximum Gasteiger partial charge on any atom is 0.230 e. The average molecular weight is 371 g/mol. The van der Waals surface area contributed by atoms with Crippen LogP contribution in [-0.2, 0) is 14.3 Å². The van der Waals surface area contributed by atoms with E-state index in [1.54, 1.807) is 6.20 Å². The molecule has 1 amide bonds. The van der Waals surface area contributed by atoms with Gasteiger partial charge in [-0.05, 0) is 44.5 Å². The maximum atomic E-state index is 12.8. The lowest BCUT2D eigenvalue weighted by Gasteiger charge is -2.26. The van der Waals surface area contributed by atoms with Gasteiger partial charge in [0.2, 0.25) is 5.91 Å². The molecule has 0 bridgehead atoms. The van der Waals surface area contributed by atoms with Crippen molar-refractivity contribution >= 4 is 11.6 Å². The molecule has 144 valence electrons. The summed E-state index contributed by atoms with van der Waals surface area (Å²) in [7, 11) is 0. The third-order valence-electron chi connectivity index (χ3n) is 4.94. The van der Waals surface area contributed by atoms with Gasteiger partial charge in [-0.2, -0.15) is 5.10 Å². The van der Waals surface area contributed by atoms with Crippen molar-refractivity contribution in [3.63, 3.8) is 0 Å². The number of ether oxygens (including phenoxy) is 3. The fourth-order valence-corrected chi connectivity index (χ4v) is 3.30. The molecule has 2 atom stereocenters. The van der Waals surface area contributed by atoms with Crippen molar-refractivity contribution in [2.24, 2.45) is 5.92 Å². The molecule has 0 spiro atoms. The van der Waals surface area contributed by atoms with Crippen LogP contribution in [0.1, 0.15) is 38.0 Å². The predicted molar refractivity (Wildman–Crippen MR) is 99.7 cm³/mol. The number of benzene rings is 1. The highest BCUT2D eigenvalue weighted by Gasteiger charge is 2.36. The monoisotopic (exact) mass is 371 g/mol. The normalized spacial score (nSPS) is 22.6. The highest BCUT2D eigenvalue weighted by atomic mass is 16.6. The highest BCUT2D eigenvalue weighted by Crippen LogP contribution is 2.35. The van der Waals surface area contributed by atoms with Crippen LogP contribution in [0.4, 0.5) is 5.69 Å². The quantitative estimate of drug-likeness (QED) is 0.845. The van der Waals surface area contributed by atoms with Gasteiger partial charge in [-0.1, -0.05) is 0 Å². The Bertz CT molecular complexity index is 783. The van der Waals surface area contributed by atoms with Crippen LogP contribution in [0.5, 0.6) is 5.75 Å². The van der Waals surface area contributed by atoms with Gasteiger partial charge in [0.15, 0.2) is 0 Å². The Labute approximate surface area is 158 Å². The van der Waals surface area contributed by atoms with Crippen LogP contribution in [0, 0.1) is 5.92 Å². The maximum absolute atomic E-state index is 12.8. The Morgan fingerprint density at radius 2 is 2.07 bits per heavy atom. The lowest BCUT2D eigenvalue weighted by molar-refractivity contribution is -0.121. The first-order valence-electron chi connectivity index (χ1n) is 9.41. The van der Waals surface area contributed by atoms with Gasteiger partial charge < -0.3 is 19.5 Å². The number of nitrogens with zero attached hydrogens (tertiary/aromatic N) is 2. The molecular weight excluding hydrogens is 346 g/mol. The zero-order chi connectivity index (χ0) is 18.8. The fourth-order valence-electron chi connectivity index (χ4n) is 3.30. The van der Waals surface area contributed by atoms with E-state index in [0.717, 1.165) is 17.0 Å². The van der Waals surface area contributed by atoms with E-state index in [9.17, 15) is 4.79 Å². The van der Waals surface area contributed by atoms with E-state index in [0.29, 0.717) is 26.2 Å². The molecule has 27 heavy (non-hydrogen) atoms. The minimum absolute atomic E-state index is 0.0316. The molecule has 1 aromatic carbocycles. The van der Waals surface area contributed by atoms with Crippen LogP contribution in [0.2, 0.25) is 0 Å². The summed E-state index contributed by atoms with van der Waals surface area (Å²) in [5.41, 5.74) is 1.70. The molecule has 7 nitrogen and oxygen atoms in total. The minimum atomic E-state index is -0.251. The largest absolute Gasteiger partial charge is 0.486 e. The lowest BCUT2D eigenvalue weighted by Crippen LogP contribution is -2.38. The highest BCUT2D eigenvalue weighted by molar-refractivity contribution is 5.93. The molecule has 2 aliphatic heterocycles. The van der Waals surface area contributed by atoms with Gasteiger partial charge in [0.1, 0.15) is 11.9 Å². The van der Waals surface area contributed by atoms with E-state index < -0.39 is 0 Å². The van der Waals surface area contributed by atoms with Crippen LogP contribution >= 0.6 is 0 Å². The van der Waals surface area contributed by atoms with E-state index in [1.165, 1.54) is 0 Å². The Morgan fingerprint density at radius 1 is 1.30 bits per heavy atom. The molecule has 0 aliphatic carbocycles. The first kappa shape index (κ1) is 18.0. The molecule has 7 heteroatoms. The molecule has 2 aromatic rings. The van der Waals surface area contributed by atoms with Gasteiger partial charge in [0, 0.05) is 30.1 Å². The minimum Gasteiger partial charge on any atom is -0.486 e. The molecule has 4 rings (SSSR count). The van der Waals surface area contributed by atoms with Crippen LogP contribution in [0.25, 0.3) is 0 Å². The van der Waals surface area contributed by atoms with Gasteiger partial charge in [-0.3, -0.25) is 9.48 Å². The Balaban J connectivity index is 1.39.